The van der Waals surface area contributed by atoms with Crippen molar-refractivity contribution < 1.29 is 14.6 Å². The number of aryl methyl sites for hydroxylation is 1. The summed E-state index contributed by atoms with van der Waals surface area (Å²) >= 11 is 0. The second-order valence-electron chi connectivity index (χ2n) is 5.19. The third-order valence-corrected chi connectivity index (χ3v) is 2.88. The molecule has 0 radical (unpaired) electrons. The Morgan fingerprint density at radius 2 is 2.05 bits per heavy atom. The number of aromatic carboxylic acids is 1. The highest BCUT2D eigenvalue weighted by atomic mass is 16.5. The van der Waals surface area contributed by atoms with Gasteiger partial charge < -0.3 is 15.2 Å². The van der Waals surface area contributed by atoms with Crippen LogP contribution < -0.4 is 5.32 Å². The number of ether oxygens (including phenoxy) is 1. The number of aromatic nitrogens is 2. The van der Waals surface area contributed by atoms with Crippen molar-refractivity contribution in [2.45, 2.75) is 34.1 Å². The summed E-state index contributed by atoms with van der Waals surface area (Å²) in [6.07, 6.45) is 0.792. The molecule has 0 unspecified atom stereocenters. The largest absolute Gasteiger partial charge is 0.478 e. The van der Waals surface area contributed by atoms with Crippen molar-refractivity contribution in [1.82, 2.24) is 10.2 Å². The number of rotatable bonds is 8. The number of carboxylic acids is 1. The summed E-state index contributed by atoms with van der Waals surface area (Å²) in [5.41, 5.74) is 1.47. The molecule has 1 aromatic heterocycles. The molecule has 0 fully saturated rings. The second-order valence-corrected chi connectivity index (χ2v) is 5.19. The molecule has 1 rings (SSSR count). The molecule has 6 heteroatoms. The van der Waals surface area contributed by atoms with Crippen LogP contribution in [0.4, 0.5) is 5.82 Å². The van der Waals surface area contributed by atoms with E-state index in [0.29, 0.717) is 36.1 Å². The lowest BCUT2D eigenvalue weighted by Gasteiger charge is -2.11. The zero-order valence-electron chi connectivity index (χ0n) is 12.6. The molecule has 0 aliphatic rings. The van der Waals surface area contributed by atoms with E-state index >= 15 is 0 Å². The normalized spacial score (nSPS) is 10.8. The number of nitrogens with one attached hydrogen (secondary N) is 1. The Bertz CT molecular complexity index is 461. The molecule has 6 nitrogen and oxygen atoms in total. The fourth-order valence-corrected chi connectivity index (χ4v) is 1.69. The Kier molecular flexibility index (Phi) is 6.38. The zero-order chi connectivity index (χ0) is 15.1. The Morgan fingerprint density at radius 1 is 1.35 bits per heavy atom. The van der Waals surface area contributed by atoms with Gasteiger partial charge in [0.2, 0.25) is 0 Å². The van der Waals surface area contributed by atoms with E-state index in [4.69, 9.17) is 4.74 Å². The lowest BCUT2D eigenvalue weighted by atomic mass is 10.1. The Labute approximate surface area is 119 Å². The molecule has 20 heavy (non-hydrogen) atoms. The van der Waals surface area contributed by atoms with Crippen LogP contribution in [0.3, 0.4) is 0 Å². The SMILES string of the molecule is Cc1nnc(NCCCOCC(C)C)c(C(=O)O)c1C. The summed E-state index contributed by atoms with van der Waals surface area (Å²) in [7, 11) is 0. The minimum absolute atomic E-state index is 0.195. The molecular formula is C14H23N3O3. The van der Waals surface area contributed by atoms with Crippen LogP contribution in [-0.2, 0) is 4.74 Å². The van der Waals surface area contributed by atoms with Crippen LogP contribution in [-0.4, -0.2) is 41.0 Å². The average molecular weight is 281 g/mol. The highest BCUT2D eigenvalue weighted by Gasteiger charge is 2.17. The summed E-state index contributed by atoms with van der Waals surface area (Å²) < 4.78 is 5.46. The van der Waals surface area contributed by atoms with E-state index in [2.05, 4.69) is 29.4 Å². The molecule has 0 bridgehead atoms. The zero-order valence-corrected chi connectivity index (χ0v) is 12.6. The van der Waals surface area contributed by atoms with Gasteiger partial charge in [0.15, 0.2) is 5.82 Å². The molecular weight excluding hydrogens is 258 g/mol. The van der Waals surface area contributed by atoms with Gasteiger partial charge in [-0.05, 0) is 31.7 Å². The lowest BCUT2D eigenvalue weighted by molar-refractivity contribution is 0.0696. The summed E-state index contributed by atoms with van der Waals surface area (Å²) in [6, 6.07) is 0. The lowest BCUT2D eigenvalue weighted by Crippen LogP contribution is -2.15. The van der Waals surface area contributed by atoms with Gasteiger partial charge >= 0.3 is 5.97 Å². The number of nitrogens with zero attached hydrogens (tertiary/aromatic N) is 2. The van der Waals surface area contributed by atoms with E-state index in [1.807, 2.05) is 0 Å². The van der Waals surface area contributed by atoms with Crippen LogP contribution in [0.5, 0.6) is 0 Å². The standard InChI is InChI=1S/C14H23N3O3/c1-9(2)8-20-7-5-6-15-13-12(14(18)19)10(3)11(4)16-17-13/h9H,5-8H2,1-4H3,(H,15,17)(H,18,19). The summed E-state index contributed by atoms with van der Waals surface area (Å²) in [6.45, 7) is 9.68. The van der Waals surface area contributed by atoms with Crippen LogP contribution in [0.1, 0.15) is 41.9 Å². The maximum atomic E-state index is 11.3. The third kappa shape index (κ3) is 4.77. The second kappa shape index (κ2) is 7.79. The molecule has 0 aliphatic carbocycles. The summed E-state index contributed by atoms with van der Waals surface area (Å²) in [4.78, 5) is 11.3. The maximum absolute atomic E-state index is 11.3. The van der Waals surface area contributed by atoms with Crippen LogP contribution in [0.15, 0.2) is 0 Å². The first-order valence-corrected chi connectivity index (χ1v) is 6.82. The van der Waals surface area contributed by atoms with Gasteiger partial charge in [-0.2, -0.15) is 5.10 Å². The molecule has 1 aromatic rings. The van der Waals surface area contributed by atoms with Crippen molar-refractivity contribution in [3.63, 3.8) is 0 Å². The van der Waals surface area contributed by atoms with Crippen LogP contribution in [0, 0.1) is 19.8 Å². The summed E-state index contributed by atoms with van der Waals surface area (Å²) in [5, 5.41) is 20.1. The molecule has 1 heterocycles. The molecule has 0 amide bonds. The number of hydrogen-bond acceptors (Lipinski definition) is 5. The average Bonchev–Trinajstić information content (AvgIpc) is 2.36. The molecule has 0 saturated carbocycles. The minimum atomic E-state index is -0.987. The van der Waals surface area contributed by atoms with Gasteiger partial charge in [-0.25, -0.2) is 4.79 Å². The topological polar surface area (TPSA) is 84.3 Å². The van der Waals surface area contributed by atoms with Gasteiger partial charge in [0.05, 0.1) is 5.69 Å². The van der Waals surface area contributed by atoms with Gasteiger partial charge in [0, 0.05) is 19.8 Å². The maximum Gasteiger partial charge on any atom is 0.339 e. The van der Waals surface area contributed by atoms with Crippen LogP contribution >= 0.6 is 0 Å². The van der Waals surface area contributed by atoms with E-state index in [1.165, 1.54) is 0 Å². The molecule has 112 valence electrons. The van der Waals surface area contributed by atoms with Gasteiger partial charge in [-0.15, -0.1) is 5.10 Å². The predicted octanol–water partition coefficient (Wildman–Crippen LogP) is 2.27. The van der Waals surface area contributed by atoms with E-state index in [1.54, 1.807) is 13.8 Å². The van der Waals surface area contributed by atoms with Crippen molar-refractivity contribution in [1.29, 1.82) is 0 Å². The Morgan fingerprint density at radius 3 is 2.65 bits per heavy atom. The van der Waals surface area contributed by atoms with Crippen molar-refractivity contribution in [3.05, 3.63) is 16.8 Å². The number of hydrogen-bond donors (Lipinski definition) is 2. The highest BCUT2D eigenvalue weighted by Crippen LogP contribution is 2.18. The van der Waals surface area contributed by atoms with E-state index in [9.17, 15) is 9.90 Å². The van der Waals surface area contributed by atoms with Crippen molar-refractivity contribution in [2.75, 3.05) is 25.1 Å². The predicted molar refractivity (Wildman–Crippen MR) is 77.2 cm³/mol. The van der Waals surface area contributed by atoms with Gasteiger partial charge in [0.1, 0.15) is 5.56 Å². The van der Waals surface area contributed by atoms with E-state index < -0.39 is 5.97 Å². The van der Waals surface area contributed by atoms with Crippen molar-refractivity contribution >= 4 is 11.8 Å². The number of carboxylic acid groups (broad SMARTS) is 1. The van der Waals surface area contributed by atoms with E-state index in [0.717, 1.165) is 13.0 Å². The molecule has 0 aromatic carbocycles. The fourth-order valence-electron chi connectivity index (χ4n) is 1.69. The van der Waals surface area contributed by atoms with Gasteiger partial charge in [0.25, 0.3) is 0 Å². The van der Waals surface area contributed by atoms with Crippen LogP contribution in [0.2, 0.25) is 0 Å². The quantitative estimate of drug-likeness (QED) is 0.711. The Hall–Kier alpha value is -1.69. The third-order valence-electron chi connectivity index (χ3n) is 2.88. The first kappa shape index (κ1) is 16.4. The Balaban J connectivity index is 2.52. The monoisotopic (exact) mass is 281 g/mol. The number of carbonyl (C=O) groups is 1. The number of anilines is 1. The molecule has 0 saturated heterocycles. The van der Waals surface area contributed by atoms with Crippen molar-refractivity contribution in [3.8, 4) is 0 Å². The first-order chi connectivity index (χ1) is 9.43. The highest BCUT2D eigenvalue weighted by molar-refractivity contribution is 5.94. The molecule has 0 aliphatic heterocycles. The van der Waals surface area contributed by atoms with E-state index in [-0.39, 0.29) is 5.56 Å². The minimum Gasteiger partial charge on any atom is -0.478 e. The molecule has 2 N–H and O–H groups in total. The van der Waals surface area contributed by atoms with Crippen LogP contribution in [0.25, 0.3) is 0 Å². The van der Waals surface area contributed by atoms with Gasteiger partial charge in [-0.1, -0.05) is 13.8 Å². The van der Waals surface area contributed by atoms with Crippen molar-refractivity contribution in [2.24, 2.45) is 5.92 Å². The first-order valence-electron chi connectivity index (χ1n) is 6.82. The smallest absolute Gasteiger partial charge is 0.339 e. The molecule has 0 spiro atoms. The fraction of sp³-hybridized carbons (Fsp3) is 0.643. The van der Waals surface area contributed by atoms with Gasteiger partial charge in [-0.3, -0.25) is 0 Å². The molecule has 0 atom stereocenters. The summed E-state index contributed by atoms with van der Waals surface area (Å²) in [5.74, 6) is -0.143.